The number of hydrogen-bond acceptors (Lipinski definition) is 3. The van der Waals surface area contributed by atoms with E-state index in [1.54, 1.807) is 17.0 Å². The highest BCUT2D eigenvalue weighted by molar-refractivity contribution is 5.76. The fraction of sp³-hybridized carbons (Fsp3) is 0.333. The summed E-state index contributed by atoms with van der Waals surface area (Å²) in [7, 11) is 0. The summed E-state index contributed by atoms with van der Waals surface area (Å²) in [5.74, 6) is -1.20. The van der Waals surface area contributed by atoms with E-state index in [1.807, 2.05) is 24.3 Å². The van der Waals surface area contributed by atoms with Crippen molar-refractivity contribution in [1.29, 1.82) is 0 Å². The number of aromatic nitrogens is 2. The third kappa shape index (κ3) is 3.90. The largest absolute Gasteiger partial charge is 0.299 e. The number of halogens is 2. The van der Waals surface area contributed by atoms with E-state index >= 15 is 0 Å². The van der Waals surface area contributed by atoms with Gasteiger partial charge in [-0.25, -0.2) is 13.8 Å². The highest BCUT2D eigenvalue weighted by Crippen LogP contribution is 2.21. The lowest BCUT2D eigenvalue weighted by molar-refractivity contribution is 0.166. The summed E-state index contributed by atoms with van der Waals surface area (Å²) in [6.07, 6.45) is 3.56. The number of nitrogens with zero attached hydrogens (tertiary/aromatic N) is 3. The predicted octanol–water partition coefficient (Wildman–Crippen LogP) is 3.59. The lowest BCUT2D eigenvalue weighted by Gasteiger charge is -2.32. The first-order valence-corrected chi connectivity index (χ1v) is 9.20. The molecule has 140 valence electrons. The molecule has 2 heterocycles. The molecule has 0 bridgehead atoms. The Bertz CT molecular complexity index is 1010. The van der Waals surface area contributed by atoms with Crippen LogP contribution in [0.3, 0.4) is 0 Å². The van der Waals surface area contributed by atoms with Crippen molar-refractivity contribution < 1.29 is 8.78 Å². The van der Waals surface area contributed by atoms with Crippen LogP contribution >= 0.6 is 0 Å². The van der Waals surface area contributed by atoms with Crippen LogP contribution in [0.25, 0.3) is 10.9 Å². The van der Waals surface area contributed by atoms with Gasteiger partial charge in [0.05, 0.1) is 17.2 Å². The minimum atomic E-state index is -0.813. The van der Waals surface area contributed by atoms with Gasteiger partial charge in [-0.1, -0.05) is 18.2 Å². The molecule has 1 aliphatic heterocycles. The monoisotopic (exact) mass is 369 g/mol. The Labute approximate surface area is 156 Å². The third-order valence-electron chi connectivity index (χ3n) is 5.28. The Balaban J connectivity index is 1.37. The van der Waals surface area contributed by atoms with Crippen LogP contribution in [0.4, 0.5) is 8.78 Å². The van der Waals surface area contributed by atoms with Gasteiger partial charge in [0.15, 0.2) is 11.6 Å². The average molecular weight is 369 g/mol. The van der Waals surface area contributed by atoms with Gasteiger partial charge in [-0.15, -0.1) is 0 Å². The number of benzene rings is 2. The van der Waals surface area contributed by atoms with Gasteiger partial charge in [-0.3, -0.25) is 14.3 Å². The molecule has 3 aromatic rings. The zero-order chi connectivity index (χ0) is 18.8. The topological polar surface area (TPSA) is 38.1 Å². The number of fused-ring (bicyclic) bond motifs is 1. The second-order valence-corrected chi connectivity index (χ2v) is 7.19. The number of rotatable bonds is 4. The molecule has 1 fully saturated rings. The summed E-state index contributed by atoms with van der Waals surface area (Å²) in [6.45, 7) is 3.02. The molecular weight excluding hydrogens is 348 g/mol. The zero-order valence-electron chi connectivity index (χ0n) is 14.9. The summed E-state index contributed by atoms with van der Waals surface area (Å²) in [6, 6.07) is 11.5. The maximum Gasteiger partial charge on any atom is 0.261 e. The maximum absolute atomic E-state index is 13.4. The molecule has 6 heteroatoms. The summed E-state index contributed by atoms with van der Waals surface area (Å²) in [5, 5.41) is 0.649. The Morgan fingerprint density at radius 1 is 1.04 bits per heavy atom. The van der Waals surface area contributed by atoms with Gasteiger partial charge in [0, 0.05) is 13.1 Å². The molecule has 0 atom stereocenters. The Morgan fingerprint density at radius 3 is 2.59 bits per heavy atom. The lowest BCUT2D eigenvalue weighted by Crippen LogP contribution is -2.36. The minimum absolute atomic E-state index is 0.00446. The molecule has 0 radical (unpaired) electrons. The van der Waals surface area contributed by atoms with E-state index < -0.39 is 11.6 Å². The van der Waals surface area contributed by atoms with E-state index in [0.717, 1.165) is 37.0 Å². The van der Waals surface area contributed by atoms with Crippen LogP contribution in [0.5, 0.6) is 0 Å². The quantitative estimate of drug-likeness (QED) is 0.705. The smallest absolute Gasteiger partial charge is 0.261 e. The molecule has 1 aliphatic rings. The second-order valence-electron chi connectivity index (χ2n) is 7.19. The summed E-state index contributed by atoms with van der Waals surface area (Å²) < 4.78 is 28.1. The van der Waals surface area contributed by atoms with Crippen LogP contribution in [0, 0.1) is 17.6 Å². The molecule has 4 rings (SSSR count). The van der Waals surface area contributed by atoms with Crippen LogP contribution in [-0.2, 0) is 13.1 Å². The molecule has 27 heavy (non-hydrogen) atoms. The van der Waals surface area contributed by atoms with Crippen LogP contribution < -0.4 is 5.56 Å². The zero-order valence-corrected chi connectivity index (χ0v) is 14.9. The molecule has 1 saturated heterocycles. The predicted molar refractivity (Wildman–Crippen MR) is 100 cm³/mol. The average Bonchev–Trinajstić information content (AvgIpc) is 2.69. The Hall–Kier alpha value is -2.60. The number of piperidine rings is 1. The fourth-order valence-corrected chi connectivity index (χ4v) is 3.74. The van der Waals surface area contributed by atoms with Crippen molar-refractivity contribution in [1.82, 2.24) is 14.5 Å². The van der Waals surface area contributed by atoms with E-state index in [0.29, 0.717) is 24.4 Å². The fourth-order valence-electron chi connectivity index (χ4n) is 3.74. The maximum atomic E-state index is 13.4. The van der Waals surface area contributed by atoms with Crippen molar-refractivity contribution >= 4 is 10.9 Å². The summed E-state index contributed by atoms with van der Waals surface area (Å²) in [4.78, 5) is 19.2. The van der Waals surface area contributed by atoms with Crippen molar-refractivity contribution in [3.63, 3.8) is 0 Å². The number of likely N-dealkylation sites (tertiary alicyclic amines) is 1. The van der Waals surface area contributed by atoms with Crippen LogP contribution in [0.2, 0.25) is 0 Å². The van der Waals surface area contributed by atoms with Gasteiger partial charge in [0.1, 0.15) is 0 Å². The molecule has 0 amide bonds. The summed E-state index contributed by atoms with van der Waals surface area (Å²) >= 11 is 0. The first-order valence-electron chi connectivity index (χ1n) is 9.20. The van der Waals surface area contributed by atoms with Crippen LogP contribution in [0.15, 0.2) is 53.6 Å². The van der Waals surface area contributed by atoms with Crippen molar-refractivity contribution in [2.45, 2.75) is 25.9 Å². The van der Waals surface area contributed by atoms with E-state index in [-0.39, 0.29) is 5.56 Å². The van der Waals surface area contributed by atoms with Gasteiger partial charge < -0.3 is 0 Å². The van der Waals surface area contributed by atoms with Gasteiger partial charge in [0.2, 0.25) is 0 Å². The van der Waals surface area contributed by atoms with E-state index in [4.69, 9.17) is 0 Å². The standard InChI is InChI=1S/C21H21F2N3O/c22-18-6-5-16(11-19(18)23)12-25-9-7-15(8-10-25)13-26-14-24-20-4-2-1-3-17(20)21(26)27/h1-6,11,14-15H,7-10,12-13H2. The van der Waals surface area contributed by atoms with E-state index in [1.165, 1.54) is 12.1 Å². The first kappa shape index (κ1) is 17.8. The van der Waals surface area contributed by atoms with Crippen LogP contribution in [0.1, 0.15) is 18.4 Å². The van der Waals surface area contributed by atoms with Gasteiger partial charge >= 0.3 is 0 Å². The van der Waals surface area contributed by atoms with Crippen molar-refractivity contribution in [3.05, 3.63) is 76.3 Å². The molecule has 2 aromatic carbocycles. The SMILES string of the molecule is O=c1c2ccccc2ncn1CC1CCN(Cc2ccc(F)c(F)c2)CC1. The molecule has 1 aromatic heterocycles. The van der Waals surface area contributed by atoms with Gasteiger partial charge in [-0.05, 0) is 61.7 Å². The molecule has 0 spiro atoms. The first-order chi connectivity index (χ1) is 13.1. The van der Waals surface area contributed by atoms with E-state index in [2.05, 4.69) is 9.88 Å². The van der Waals surface area contributed by atoms with E-state index in [9.17, 15) is 13.6 Å². The highest BCUT2D eigenvalue weighted by Gasteiger charge is 2.20. The third-order valence-corrected chi connectivity index (χ3v) is 5.28. The molecule has 0 N–H and O–H groups in total. The number of hydrogen-bond donors (Lipinski definition) is 0. The molecule has 0 unspecified atom stereocenters. The molecule has 0 aliphatic carbocycles. The Morgan fingerprint density at radius 2 is 1.81 bits per heavy atom. The van der Waals surface area contributed by atoms with Gasteiger partial charge in [0.25, 0.3) is 5.56 Å². The van der Waals surface area contributed by atoms with Crippen LogP contribution in [-0.4, -0.2) is 27.5 Å². The molecule has 0 saturated carbocycles. The Kier molecular flexibility index (Phi) is 4.99. The van der Waals surface area contributed by atoms with Crippen molar-refractivity contribution in [2.24, 2.45) is 5.92 Å². The second kappa shape index (κ2) is 7.56. The minimum Gasteiger partial charge on any atom is -0.299 e. The molecule has 4 nitrogen and oxygen atoms in total. The molecular formula is C21H21F2N3O. The van der Waals surface area contributed by atoms with Crippen molar-refractivity contribution in [3.8, 4) is 0 Å². The lowest BCUT2D eigenvalue weighted by atomic mass is 9.96. The highest BCUT2D eigenvalue weighted by atomic mass is 19.2. The normalized spacial score (nSPS) is 16.1. The van der Waals surface area contributed by atoms with Crippen molar-refractivity contribution in [2.75, 3.05) is 13.1 Å². The van der Waals surface area contributed by atoms with Gasteiger partial charge in [-0.2, -0.15) is 0 Å². The number of para-hydroxylation sites is 1. The summed E-state index contributed by atoms with van der Waals surface area (Å²) in [5.41, 5.74) is 1.51.